The van der Waals surface area contributed by atoms with Crippen LogP contribution < -0.4 is 10.2 Å². The molecule has 6 aromatic rings. The molecular weight excluding hydrogens is 566 g/mol. The van der Waals surface area contributed by atoms with Crippen molar-refractivity contribution in [1.82, 2.24) is 10.4 Å². The number of para-hydroxylation sites is 1. The first-order valence-electron chi connectivity index (χ1n) is 12.6. The fourth-order valence-electron chi connectivity index (χ4n) is 4.65. The van der Waals surface area contributed by atoms with Crippen LogP contribution in [0.3, 0.4) is 0 Å². The number of nitrogens with one attached hydrogen (secondary N) is 2. The van der Waals surface area contributed by atoms with Crippen molar-refractivity contribution < 1.29 is 14.3 Å². The fourth-order valence-corrected chi connectivity index (χ4v) is 4.92. The topological polar surface area (TPSA) is 83.5 Å². The van der Waals surface area contributed by atoms with Crippen LogP contribution in [0.15, 0.2) is 125 Å². The highest BCUT2D eigenvalue weighted by molar-refractivity contribution is 9.10. The molecule has 0 unspecified atom stereocenters. The van der Waals surface area contributed by atoms with E-state index in [1.54, 1.807) is 48.5 Å². The third-order valence-corrected chi connectivity index (χ3v) is 7.09. The van der Waals surface area contributed by atoms with Crippen LogP contribution in [0.5, 0.6) is 5.75 Å². The lowest BCUT2D eigenvalue weighted by Crippen LogP contribution is -2.19. The molecule has 0 saturated heterocycles. The van der Waals surface area contributed by atoms with Crippen molar-refractivity contribution in [3.63, 3.8) is 0 Å². The SMILES string of the molecule is O=C(Oc1ccccc1C=NNC(=O)c1[nH]c2c(ccc3ccccc32)c1-c1ccccc1)c1ccc(Br)cc1. The normalized spacial score (nSPS) is 11.2. The smallest absolute Gasteiger partial charge is 0.343 e. The minimum absolute atomic E-state index is 0.329. The molecule has 5 aromatic carbocycles. The molecule has 0 bridgehead atoms. The van der Waals surface area contributed by atoms with Crippen molar-refractivity contribution in [3.8, 4) is 16.9 Å². The van der Waals surface area contributed by atoms with Gasteiger partial charge in [0.15, 0.2) is 0 Å². The number of aromatic amines is 1. The van der Waals surface area contributed by atoms with Crippen molar-refractivity contribution in [3.05, 3.63) is 137 Å². The third-order valence-electron chi connectivity index (χ3n) is 6.56. The Morgan fingerprint density at radius 1 is 0.775 bits per heavy atom. The maximum atomic E-state index is 13.5. The second-order valence-electron chi connectivity index (χ2n) is 9.08. The Morgan fingerprint density at radius 3 is 2.33 bits per heavy atom. The van der Waals surface area contributed by atoms with Crippen LogP contribution in [0.4, 0.5) is 0 Å². The number of hydrogen-bond donors (Lipinski definition) is 2. The summed E-state index contributed by atoms with van der Waals surface area (Å²) in [6.45, 7) is 0. The lowest BCUT2D eigenvalue weighted by molar-refractivity contribution is 0.0734. The number of hydrazone groups is 1. The number of amides is 1. The summed E-state index contributed by atoms with van der Waals surface area (Å²) < 4.78 is 6.47. The number of halogens is 1. The van der Waals surface area contributed by atoms with Crippen LogP contribution in [0.1, 0.15) is 26.4 Å². The molecule has 0 aliphatic heterocycles. The van der Waals surface area contributed by atoms with Crippen LogP contribution >= 0.6 is 15.9 Å². The number of H-pyrrole nitrogens is 1. The van der Waals surface area contributed by atoms with E-state index in [2.05, 4.69) is 37.5 Å². The fraction of sp³-hybridized carbons (Fsp3) is 0. The Labute approximate surface area is 238 Å². The van der Waals surface area contributed by atoms with Gasteiger partial charge in [0.2, 0.25) is 0 Å². The van der Waals surface area contributed by atoms with E-state index in [1.807, 2.05) is 60.7 Å². The molecule has 0 spiro atoms. The molecule has 194 valence electrons. The predicted molar refractivity (Wildman–Crippen MR) is 162 cm³/mol. The second-order valence-corrected chi connectivity index (χ2v) is 10.00. The highest BCUT2D eigenvalue weighted by Gasteiger charge is 2.20. The lowest BCUT2D eigenvalue weighted by atomic mass is 9.99. The number of aromatic nitrogens is 1. The highest BCUT2D eigenvalue weighted by Crippen LogP contribution is 2.36. The van der Waals surface area contributed by atoms with Crippen molar-refractivity contribution in [2.45, 2.75) is 0 Å². The Bertz CT molecular complexity index is 1890. The molecule has 1 heterocycles. The summed E-state index contributed by atoms with van der Waals surface area (Å²) in [4.78, 5) is 29.5. The number of esters is 1. The molecule has 6 nitrogen and oxygen atoms in total. The zero-order valence-corrected chi connectivity index (χ0v) is 22.7. The van der Waals surface area contributed by atoms with Gasteiger partial charge in [0, 0.05) is 26.4 Å². The van der Waals surface area contributed by atoms with Crippen molar-refractivity contribution in [2.24, 2.45) is 5.10 Å². The minimum Gasteiger partial charge on any atom is -0.422 e. The van der Waals surface area contributed by atoms with E-state index in [9.17, 15) is 9.59 Å². The summed E-state index contributed by atoms with van der Waals surface area (Å²) in [5.74, 6) is -0.551. The maximum Gasteiger partial charge on any atom is 0.343 e. The molecule has 0 radical (unpaired) electrons. The number of fused-ring (bicyclic) bond motifs is 3. The van der Waals surface area contributed by atoms with E-state index < -0.39 is 5.97 Å². The first-order chi connectivity index (χ1) is 19.6. The summed E-state index contributed by atoms with van der Waals surface area (Å²) in [5, 5.41) is 7.25. The molecule has 0 aliphatic rings. The van der Waals surface area contributed by atoms with E-state index in [0.29, 0.717) is 22.6 Å². The molecule has 0 fully saturated rings. The van der Waals surface area contributed by atoms with E-state index >= 15 is 0 Å². The van der Waals surface area contributed by atoms with Gasteiger partial charge in [0.05, 0.1) is 17.3 Å². The average molecular weight is 588 g/mol. The predicted octanol–water partition coefficient (Wildman–Crippen LogP) is 7.73. The van der Waals surface area contributed by atoms with E-state index in [-0.39, 0.29) is 5.91 Å². The molecular formula is C33H22BrN3O3. The van der Waals surface area contributed by atoms with E-state index in [0.717, 1.165) is 37.3 Å². The Balaban J connectivity index is 1.30. The van der Waals surface area contributed by atoms with Crippen LogP contribution in [0.25, 0.3) is 32.8 Å². The number of benzene rings is 5. The van der Waals surface area contributed by atoms with Gasteiger partial charge in [-0.15, -0.1) is 0 Å². The molecule has 1 amide bonds. The maximum absolute atomic E-state index is 13.5. The zero-order valence-electron chi connectivity index (χ0n) is 21.1. The number of nitrogens with zero attached hydrogens (tertiary/aromatic N) is 1. The van der Waals surface area contributed by atoms with Crippen molar-refractivity contribution in [1.29, 1.82) is 0 Å². The summed E-state index contributed by atoms with van der Waals surface area (Å²) in [6.07, 6.45) is 1.46. The first kappa shape index (κ1) is 25.3. The van der Waals surface area contributed by atoms with Gasteiger partial charge in [0.1, 0.15) is 11.4 Å². The van der Waals surface area contributed by atoms with Crippen molar-refractivity contribution in [2.75, 3.05) is 0 Å². The summed E-state index contributed by atoms with van der Waals surface area (Å²) >= 11 is 3.36. The second kappa shape index (κ2) is 11.0. The number of rotatable bonds is 6. The monoisotopic (exact) mass is 587 g/mol. The summed E-state index contributed by atoms with van der Waals surface area (Å²) in [5.41, 5.74) is 6.61. The molecule has 0 saturated carbocycles. The largest absolute Gasteiger partial charge is 0.422 e. The Morgan fingerprint density at radius 2 is 1.50 bits per heavy atom. The summed E-state index contributed by atoms with van der Waals surface area (Å²) in [7, 11) is 0. The molecule has 1 aromatic heterocycles. The standard InChI is InChI=1S/C33H22BrN3O3/c34-25-17-14-23(15-18-25)33(39)40-28-13-7-5-11-24(28)20-35-37-32(38)31-29(22-9-2-1-3-10-22)27-19-16-21-8-4-6-12-26(21)30(27)36-31/h1-20,36H,(H,37,38). The molecule has 7 heteroatoms. The van der Waals surface area contributed by atoms with Gasteiger partial charge in [-0.25, -0.2) is 10.2 Å². The first-order valence-corrected chi connectivity index (χ1v) is 13.4. The van der Waals surface area contributed by atoms with Gasteiger partial charge in [-0.05, 0) is 47.3 Å². The van der Waals surface area contributed by atoms with Crippen LogP contribution in [-0.4, -0.2) is 23.1 Å². The minimum atomic E-state index is -0.491. The number of hydrogen-bond acceptors (Lipinski definition) is 4. The molecule has 2 N–H and O–H groups in total. The Kier molecular flexibility index (Phi) is 6.95. The molecule has 40 heavy (non-hydrogen) atoms. The van der Waals surface area contributed by atoms with E-state index in [4.69, 9.17) is 4.74 Å². The number of carbonyl (C=O) groups excluding carboxylic acids is 2. The van der Waals surface area contributed by atoms with E-state index in [1.165, 1.54) is 6.21 Å². The van der Waals surface area contributed by atoms with Crippen LogP contribution in [-0.2, 0) is 0 Å². The highest BCUT2D eigenvalue weighted by atomic mass is 79.9. The molecule has 0 aliphatic carbocycles. The lowest BCUT2D eigenvalue weighted by Gasteiger charge is -2.07. The quantitative estimate of drug-likeness (QED) is 0.0904. The molecule has 6 rings (SSSR count). The van der Waals surface area contributed by atoms with Crippen LogP contribution in [0, 0.1) is 0 Å². The van der Waals surface area contributed by atoms with Crippen molar-refractivity contribution >= 4 is 55.7 Å². The van der Waals surface area contributed by atoms with Gasteiger partial charge >= 0.3 is 5.97 Å². The Hall–Kier alpha value is -5.01. The number of carbonyl (C=O) groups is 2. The zero-order chi connectivity index (χ0) is 27.5. The average Bonchev–Trinajstić information content (AvgIpc) is 3.39. The van der Waals surface area contributed by atoms with Gasteiger partial charge < -0.3 is 9.72 Å². The van der Waals surface area contributed by atoms with Gasteiger partial charge in [-0.3, -0.25) is 4.79 Å². The van der Waals surface area contributed by atoms with Crippen LogP contribution in [0.2, 0.25) is 0 Å². The number of ether oxygens (including phenoxy) is 1. The van der Waals surface area contributed by atoms with Gasteiger partial charge in [0.25, 0.3) is 5.91 Å². The third kappa shape index (κ3) is 5.02. The van der Waals surface area contributed by atoms with Gasteiger partial charge in [-0.1, -0.05) is 94.8 Å². The van der Waals surface area contributed by atoms with Gasteiger partial charge in [-0.2, -0.15) is 5.10 Å². The molecule has 0 atom stereocenters. The summed E-state index contributed by atoms with van der Waals surface area (Å²) in [6, 6.07) is 35.8.